The minimum absolute atomic E-state index is 0.0414. The Morgan fingerprint density at radius 3 is 2.01 bits per heavy atom. The number of aromatic nitrogens is 1. The van der Waals surface area contributed by atoms with Gasteiger partial charge in [-0.25, -0.2) is 23.3 Å². The van der Waals surface area contributed by atoms with Crippen LogP contribution in [0.15, 0.2) is 85.1 Å². The zero-order chi connectivity index (χ0) is 69.5. The van der Waals surface area contributed by atoms with Gasteiger partial charge in [-0.3, -0.25) is 57.7 Å². The van der Waals surface area contributed by atoms with Gasteiger partial charge in [-0.1, -0.05) is 18.2 Å². The van der Waals surface area contributed by atoms with Gasteiger partial charge in [-0.15, -0.1) is 11.8 Å². The first-order chi connectivity index (χ1) is 45.6. The monoisotopic (exact) mass is 1350 g/mol. The van der Waals surface area contributed by atoms with Gasteiger partial charge >= 0.3 is 23.9 Å². The van der Waals surface area contributed by atoms with Gasteiger partial charge in [0.1, 0.15) is 53.2 Å². The molecule has 502 valence electrons. The minimum atomic E-state index is -3.29. The molecule has 31 nitrogen and oxygen atoms in total. The van der Waals surface area contributed by atoms with Crippen molar-refractivity contribution in [2.24, 2.45) is 5.73 Å². The Bertz CT molecular complexity index is 4060. The van der Waals surface area contributed by atoms with Crippen molar-refractivity contribution >= 4 is 111 Å². The van der Waals surface area contributed by atoms with E-state index in [2.05, 4.69) is 36.9 Å². The number of carboxylic acid groups (broad SMARTS) is 3. The number of likely N-dealkylation sites (tertiary alicyclic amines) is 1. The zero-order valence-electron chi connectivity index (χ0n) is 50.1. The molecular weight excluding hydrogens is 1290 g/mol. The summed E-state index contributed by atoms with van der Waals surface area (Å²) in [6.45, 7) is -1.65. The molecule has 4 aliphatic rings. The third-order valence-corrected chi connectivity index (χ3v) is 17.1. The van der Waals surface area contributed by atoms with Gasteiger partial charge < -0.3 is 77.5 Å². The number of phenolic OH excluding ortho intramolecular Hbond substituents is 2. The lowest BCUT2D eigenvalue weighted by Gasteiger charge is -2.36. The third kappa shape index (κ3) is 15.2. The number of anilines is 2. The van der Waals surface area contributed by atoms with Gasteiger partial charge in [-0.2, -0.15) is 5.26 Å². The highest BCUT2D eigenvalue weighted by Gasteiger charge is 2.55. The molecule has 13 N–H and O–H groups in total. The number of unbranched alkanes of at least 4 members (excludes halogenated alkanes) is 1. The molecule has 0 aliphatic carbocycles. The van der Waals surface area contributed by atoms with Crippen LogP contribution in [0.5, 0.6) is 23.0 Å². The van der Waals surface area contributed by atoms with Crippen LogP contribution in [0.25, 0.3) is 10.9 Å². The first kappa shape index (κ1) is 69.0. The molecule has 34 heteroatoms. The van der Waals surface area contributed by atoms with E-state index in [9.17, 15) is 102 Å². The van der Waals surface area contributed by atoms with Crippen LogP contribution in [0, 0.1) is 11.3 Å². The fraction of sp³-hybridized carbons (Fsp3) is 0.339. The second kappa shape index (κ2) is 28.9. The number of benzene rings is 4. The normalized spacial score (nSPS) is 17.4. The minimum Gasteiger partial charge on any atom is -0.508 e. The molecule has 4 unspecified atom stereocenters. The van der Waals surface area contributed by atoms with E-state index < -0.39 is 181 Å². The summed E-state index contributed by atoms with van der Waals surface area (Å²) in [4.78, 5) is 178. The lowest BCUT2D eigenvalue weighted by molar-refractivity contribution is -0.143. The summed E-state index contributed by atoms with van der Waals surface area (Å²) in [6, 6.07) is 10.6. The molecule has 1 spiro atoms. The van der Waals surface area contributed by atoms with Crippen molar-refractivity contribution < 1.29 is 106 Å². The number of fused-ring (bicyclic) bond motifs is 7. The van der Waals surface area contributed by atoms with Crippen LogP contribution in [0.1, 0.15) is 95.2 Å². The number of nitrogens with one attached hydrogen (secondary N) is 6. The maximum atomic E-state index is 14.0. The SMILES string of the molecule is N#CC1CC(F)(F)CN1C(=O)CNC(=O)c1ccnc2c(NC(=O)CCC(=O)N[C@@H](CC(=O)O)C(=O)NC(CCCCN)C(=O)N[C@@H](CC(=O)O)C(=O)NC(CSC3CC(=O)N(c4ccc5c(c4)C(=O)OC54c5ccc(O)cc5Oc5cc(O)ccc54)C3=O)C(=O)O)cccc12. The molecule has 2 saturated heterocycles. The molecule has 9 rings (SSSR count). The number of thioether (sulfide) groups is 1. The second-order valence-electron chi connectivity index (χ2n) is 22.5. The van der Waals surface area contributed by atoms with E-state index in [-0.39, 0.29) is 87.8 Å². The lowest BCUT2D eigenvalue weighted by atomic mass is 9.77. The highest BCUT2D eigenvalue weighted by Crippen LogP contribution is 2.57. The van der Waals surface area contributed by atoms with Crippen molar-refractivity contribution in [3.8, 4) is 29.1 Å². The molecule has 4 aliphatic heterocycles. The van der Waals surface area contributed by atoms with Crippen molar-refractivity contribution in [3.63, 3.8) is 0 Å². The number of hydrogen-bond acceptors (Lipinski definition) is 21. The number of halogens is 2. The Morgan fingerprint density at radius 2 is 1.38 bits per heavy atom. The number of phenols is 2. The van der Waals surface area contributed by atoms with Gasteiger partial charge in [0.15, 0.2) is 5.60 Å². The average Bonchev–Trinajstić information content (AvgIpc) is 1.46. The Morgan fingerprint density at radius 1 is 0.760 bits per heavy atom. The Labute approximate surface area is 545 Å². The Kier molecular flexibility index (Phi) is 20.8. The van der Waals surface area contributed by atoms with Crippen LogP contribution in [0.4, 0.5) is 20.2 Å². The van der Waals surface area contributed by atoms with E-state index in [0.717, 1.165) is 4.90 Å². The largest absolute Gasteiger partial charge is 0.508 e. The molecule has 96 heavy (non-hydrogen) atoms. The van der Waals surface area contributed by atoms with Crippen molar-refractivity contribution in [1.29, 1.82) is 5.26 Å². The van der Waals surface area contributed by atoms with Crippen LogP contribution in [-0.4, -0.2) is 179 Å². The zero-order valence-corrected chi connectivity index (χ0v) is 50.9. The number of aliphatic carboxylic acids is 3. The second-order valence-corrected chi connectivity index (χ2v) is 23.7. The molecule has 1 aromatic heterocycles. The fourth-order valence-corrected chi connectivity index (χ4v) is 12.5. The number of hydrogen-bond donors (Lipinski definition) is 12. The van der Waals surface area contributed by atoms with Crippen molar-refractivity contribution in [2.45, 2.75) is 105 Å². The number of carboxylic acids is 3. The molecule has 6 atom stereocenters. The number of esters is 1. The first-order valence-electron chi connectivity index (χ1n) is 29.4. The number of nitrogens with two attached hydrogens (primary N) is 1. The van der Waals surface area contributed by atoms with Gasteiger partial charge in [0.05, 0.1) is 65.3 Å². The van der Waals surface area contributed by atoms with Crippen LogP contribution in [0.3, 0.4) is 0 Å². The van der Waals surface area contributed by atoms with Crippen LogP contribution < -0.4 is 47.3 Å². The van der Waals surface area contributed by atoms with E-state index in [1.165, 1.54) is 85.1 Å². The van der Waals surface area contributed by atoms with Crippen LogP contribution in [0.2, 0.25) is 0 Å². The number of imide groups is 1. The highest BCUT2D eigenvalue weighted by molar-refractivity contribution is 8.00. The smallest absolute Gasteiger partial charge is 0.340 e. The van der Waals surface area contributed by atoms with Crippen LogP contribution >= 0.6 is 11.8 Å². The molecule has 4 aromatic carbocycles. The molecule has 5 aromatic rings. The summed E-state index contributed by atoms with van der Waals surface area (Å²) in [5.41, 5.74) is 4.78. The predicted octanol–water partition coefficient (Wildman–Crippen LogP) is 1.59. The summed E-state index contributed by atoms with van der Waals surface area (Å²) < 4.78 is 39.9. The summed E-state index contributed by atoms with van der Waals surface area (Å²) in [6.07, 6.45) is -3.55. The summed E-state index contributed by atoms with van der Waals surface area (Å²) in [5, 5.41) is 72.1. The Hall–Kier alpha value is -11.3. The maximum absolute atomic E-state index is 14.0. The molecule has 0 bridgehead atoms. The summed E-state index contributed by atoms with van der Waals surface area (Å²) >= 11 is 0.639. The standard InChI is InChI=1S/C62H59F2N11O20S/c63-61(64)24-30(25-66)74(28-61)50(81)26-68-54(86)34-15-17-67-53-33(34)4-3-6-39(53)69-47(78)13-14-48(79)70-41(21-51(82)83)56(88)71-40(5-1-2-16-65)55(87)72-42(22-52(84)85)57(89)73-43(59(91)92)27-96-46-23-49(80)75(58(46)90)29-7-10-36-35(18-29)60(93)95-62(36)37-11-8-31(76)19-44(37)94-45-20-32(77)9-12-38(45)62/h3-4,6-12,15,17-20,30,40-43,46,76-77H,1-2,5,13-14,16,21-24,26-28,65H2,(H,68,86)(H,69,78)(H,70,79)(H,71,88)(H,72,87)(H,73,89)(H,82,83)(H,84,85)(H,91,92)/t30?,40?,41-,42-,43?,46?/m0/s1. The molecule has 0 radical (unpaired) electrons. The van der Waals surface area contributed by atoms with E-state index >= 15 is 0 Å². The number of carbonyl (C=O) groups is 13. The number of alkyl halides is 2. The number of pyridine rings is 1. The van der Waals surface area contributed by atoms with E-state index in [0.29, 0.717) is 27.8 Å². The van der Waals surface area contributed by atoms with Gasteiger partial charge in [0.2, 0.25) is 47.3 Å². The van der Waals surface area contributed by atoms with E-state index in [1.807, 2.05) is 0 Å². The molecule has 9 amide bonds. The summed E-state index contributed by atoms with van der Waals surface area (Å²) in [5.74, 6) is -19.0. The summed E-state index contributed by atoms with van der Waals surface area (Å²) in [7, 11) is 0. The first-order valence-corrected chi connectivity index (χ1v) is 30.5. The number of rotatable bonds is 27. The number of ether oxygens (including phenoxy) is 2. The van der Waals surface area contributed by atoms with Gasteiger partial charge in [0, 0.05) is 71.8 Å². The molecule has 2 fully saturated rings. The quantitative estimate of drug-likeness (QED) is 0.0202. The number of amides is 9. The maximum Gasteiger partial charge on any atom is 0.340 e. The van der Waals surface area contributed by atoms with Crippen LogP contribution in [-0.2, 0) is 63.1 Å². The molecule has 0 saturated carbocycles. The van der Waals surface area contributed by atoms with E-state index in [4.69, 9.17) is 15.2 Å². The average molecular weight is 1350 g/mol. The van der Waals surface area contributed by atoms with Gasteiger partial charge in [0.25, 0.3) is 11.8 Å². The third-order valence-electron chi connectivity index (χ3n) is 15.8. The number of nitriles is 1. The van der Waals surface area contributed by atoms with Crippen molar-refractivity contribution in [2.75, 3.05) is 35.6 Å². The molecule has 5 heterocycles. The number of carbonyl (C=O) groups excluding carboxylic acids is 10. The fourth-order valence-electron chi connectivity index (χ4n) is 11.3. The molecular formula is C62H59F2N11O20S. The predicted molar refractivity (Wildman–Crippen MR) is 327 cm³/mol. The van der Waals surface area contributed by atoms with E-state index in [1.54, 1.807) is 6.07 Å². The Balaban J connectivity index is 0.802. The number of para-hydroxylation sites is 1. The van der Waals surface area contributed by atoms with Crippen molar-refractivity contribution in [3.05, 3.63) is 113 Å². The highest BCUT2D eigenvalue weighted by atomic mass is 32.2. The van der Waals surface area contributed by atoms with Crippen molar-refractivity contribution in [1.82, 2.24) is 36.5 Å². The number of nitrogens with zero attached hydrogens (tertiary/aromatic N) is 4. The lowest BCUT2D eigenvalue weighted by Crippen LogP contribution is -2.58. The van der Waals surface area contributed by atoms with Gasteiger partial charge in [-0.05, 0) is 74.3 Å². The topological polar surface area (TPSA) is 483 Å². The number of aromatic hydroxyl groups is 2.